The van der Waals surface area contributed by atoms with Gasteiger partial charge in [-0.25, -0.2) is 4.79 Å². The van der Waals surface area contributed by atoms with E-state index in [1.807, 2.05) is 42.5 Å². The second kappa shape index (κ2) is 7.21. The van der Waals surface area contributed by atoms with E-state index >= 15 is 0 Å². The lowest BCUT2D eigenvalue weighted by Gasteiger charge is -2.55. The molecule has 2 atom stereocenters. The number of nitrogens with zero attached hydrogens (tertiary/aromatic N) is 3. The molecule has 0 saturated carbocycles. The maximum Gasteiger partial charge on any atom is 0.330 e. The highest BCUT2D eigenvalue weighted by Gasteiger charge is 2.62. The third-order valence-corrected chi connectivity index (χ3v) is 7.26. The van der Waals surface area contributed by atoms with Crippen LogP contribution in [0.4, 0.5) is 10.5 Å². The Morgan fingerprint density at radius 3 is 2.76 bits per heavy atom. The van der Waals surface area contributed by atoms with Gasteiger partial charge in [0, 0.05) is 38.9 Å². The number of hydrogen-bond acceptors (Lipinski definition) is 7. The minimum Gasteiger partial charge on any atom is -0.454 e. The molecule has 4 heterocycles. The Labute approximate surface area is 190 Å². The van der Waals surface area contributed by atoms with Gasteiger partial charge in [0.15, 0.2) is 16.9 Å². The zero-order valence-corrected chi connectivity index (χ0v) is 18.2. The van der Waals surface area contributed by atoms with Gasteiger partial charge < -0.3 is 14.4 Å². The quantitative estimate of drug-likeness (QED) is 0.694. The van der Waals surface area contributed by atoms with Gasteiger partial charge in [-0.05, 0) is 35.7 Å². The van der Waals surface area contributed by atoms with Crippen molar-refractivity contribution in [3.63, 3.8) is 0 Å². The van der Waals surface area contributed by atoms with Crippen molar-refractivity contribution >= 4 is 23.5 Å². The van der Waals surface area contributed by atoms with Crippen molar-refractivity contribution in [2.45, 2.75) is 19.0 Å². The Hall–Kier alpha value is -3.59. The van der Waals surface area contributed by atoms with E-state index in [4.69, 9.17) is 9.47 Å². The molecule has 1 N–H and O–H groups in total. The van der Waals surface area contributed by atoms with Crippen LogP contribution in [-0.4, -0.2) is 67.2 Å². The fourth-order valence-corrected chi connectivity index (χ4v) is 5.58. The summed E-state index contributed by atoms with van der Waals surface area (Å²) in [5.41, 5.74) is 1.72. The number of rotatable bonds is 2. The lowest BCUT2D eigenvalue weighted by Crippen LogP contribution is -2.74. The molecular formula is C24H24N4O5. The molecule has 0 radical (unpaired) electrons. The topological polar surface area (TPSA) is 91.4 Å². The average Bonchev–Trinajstić information content (AvgIpc) is 3.29. The van der Waals surface area contributed by atoms with E-state index < -0.39 is 29.3 Å². The summed E-state index contributed by atoms with van der Waals surface area (Å²) in [6, 6.07) is 12.7. The molecule has 0 aromatic heterocycles. The second-order valence-electron chi connectivity index (χ2n) is 9.03. The molecule has 1 spiro atoms. The maximum atomic E-state index is 13.5. The molecule has 0 aliphatic carbocycles. The third kappa shape index (κ3) is 2.92. The molecule has 4 amide bonds. The van der Waals surface area contributed by atoms with Gasteiger partial charge in [0.2, 0.25) is 18.6 Å². The number of hydrogen-bond donors (Lipinski definition) is 1. The van der Waals surface area contributed by atoms with Crippen molar-refractivity contribution in [1.82, 2.24) is 15.1 Å². The van der Waals surface area contributed by atoms with Crippen LogP contribution in [0.2, 0.25) is 0 Å². The molecule has 2 fully saturated rings. The average molecular weight is 448 g/mol. The number of barbiturate groups is 1. The van der Waals surface area contributed by atoms with Crippen molar-refractivity contribution in [2.24, 2.45) is 5.41 Å². The smallest absolute Gasteiger partial charge is 0.330 e. The first-order chi connectivity index (χ1) is 16.0. The van der Waals surface area contributed by atoms with E-state index in [1.165, 1.54) is 7.05 Å². The van der Waals surface area contributed by atoms with Crippen LogP contribution in [0, 0.1) is 5.41 Å². The summed E-state index contributed by atoms with van der Waals surface area (Å²) in [7, 11) is 1.43. The highest BCUT2D eigenvalue weighted by atomic mass is 16.7. The number of amides is 4. The lowest BCUT2D eigenvalue weighted by molar-refractivity contribution is -0.153. The summed E-state index contributed by atoms with van der Waals surface area (Å²) < 4.78 is 10.9. The lowest BCUT2D eigenvalue weighted by atomic mass is 9.67. The summed E-state index contributed by atoms with van der Waals surface area (Å²) in [6.45, 7) is 2.85. The predicted octanol–water partition coefficient (Wildman–Crippen LogP) is 1.36. The molecule has 4 aliphatic heterocycles. The molecule has 9 nitrogen and oxygen atoms in total. The maximum absolute atomic E-state index is 13.5. The number of fused-ring (bicyclic) bond motifs is 5. The number of carbonyl (C=O) groups excluding carboxylic acids is 3. The minimum atomic E-state index is -1.36. The zero-order chi connectivity index (χ0) is 22.7. The van der Waals surface area contributed by atoms with Crippen molar-refractivity contribution < 1.29 is 23.9 Å². The normalized spacial score (nSPS) is 26.3. The van der Waals surface area contributed by atoms with Gasteiger partial charge in [-0.3, -0.25) is 24.7 Å². The number of para-hydroxylation sites is 1. The van der Waals surface area contributed by atoms with Crippen molar-refractivity contribution in [3.05, 3.63) is 53.6 Å². The van der Waals surface area contributed by atoms with Crippen LogP contribution < -0.4 is 19.7 Å². The van der Waals surface area contributed by atoms with Crippen LogP contribution in [0.25, 0.3) is 0 Å². The van der Waals surface area contributed by atoms with Crippen molar-refractivity contribution in [1.29, 1.82) is 0 Å². The number of carbonyl (C=O) groups is 3. The molecule has 0 bridgehead atoms. The molecule has 6 rings (SSSR count). The van der Waals surface area contributed by atoms with Crippen LogP contribution in [0.15, 0.2) is 42.5 Å². The number of imide groups is 2. The van der Waals surface area contributed by atoms with Gasteiger partial charge >= 0.3 is 6.03 Å². The number of nitrogens with one attached hydrogen (secondary N) is 1. The van der Waals surface area contributed by atoms with Gasteiger partial charge in [-0.1, -0.05) is 24.3 Å². The van der Waals surface area contributed by atoms with E-state index in [2.05, 4.69) is 15.1 Å². The van der Waals surface area contributed by atoms with Crippen LogP contribution in [0.3, 0.4) is 0 Å². The summed E-state index contributed by atoms with van der Waals surface area (Å²) >= 11 is 0. The highest BCUT2D eigenvalue weighted by molar-refractivity contribution is 6.20. The monoisotopic (exact) mass is 448 g/mol. The van der Waals surface area contributed by atoms with Gasteiger partial charge in [0.05, 0.1) is 6.04 Å². The van der Waals surface area contributed by atoms with E-state index in [1.54, 1.807) is 0 Å². The first kappa shape index (κ1) is 20.0. The minimum absolute atomic E-state index is 0.227. The third-order valence-electron chi connectivity index (χ3n) is 7.26. The zero-order valence-electron chi connectivity index (χ0n) is 18.2. The highest BCUT2D eigenvalue weighted by Crippen LogP contribution is 2.45. The number of benzene rings is 2. The Kier molecular flexibility index (Phi) is 4.38. The van der Waals surface area contributed by atoms with E-state index in [0.717, 1.165) is 39.8 Å². The Morgan fingerprint density at radius 1 is 1.06 bits per heavy atom. The molecule has 4 aliphatic rings. The fourth-order valence-electron chi connectivity index (χ4n) is 5.58. The van der Waals surface area contributed by atoms with Gasteiger partial charge in [0.25, 0.3) is 0 Å². The number of urea groups is 1. The molecule has 2 saturated heterocycles. The van der Waals surface area contributed by atoms with E-state index in [0.29, 0.717) is 19.6 Å². The standard InChI is InChI=1S/C24H24N4O5/c1-26-22(30)24(21(29)25-23(26)31)11-16-4-2-3-5-17(16)28-9-8-27(13-20(24)28)12-15-6-7-18-19(10-15)33-14-32-18/h2-7,10,20H,8-9,11-14H2,1H3,(H,25,29,31)/t20-,24-/m0/s1. The Bertz CT molecular complexity index is 1180. The van der Waals surface area contributed by atoms with E-state index in [9.17, 15) is 14.4 Å². The molecule has 2 aromatic carbocycles. The first-order valence-electron chi connectivity index (χ1n) is 11.1. The predicted molar refractivity (Wildman–Crippen MR) is 118 cm³/mol. The van der Waals surface area contributed by atoms with Crippen LogP contribution >= 0.6 is 0 Å². The molecule has 2 aromatic rings. The van der Waals surface area contributed by atoms with Crippen molar-refractivity contribution in [2.75, 3.05) is 38.4 Å². The first-order valence-corrected chi connectivity index (χ1v) is 11.1. The number of ether oxygens (including phenoxy) is 2. The van der Waals surface area contributed by atoms with Crippen LogP contribution in [0.1, 0.15) is 11.1 Å². The summed E-state index contributed by atoms with van der Waals surface area (Å²) in [5.74, 6) is 0.524. The number of piperazine rings is 1. The van der Waals surface area contributed by atoms with E-state index in [-0.39, 0.29) is 13.2 Å². The second-order valence-corrected chi connectivity index (χ2v) is 9.03. The van der Waals surface area contributed by atoms with Gasteiger partial charge in [-0.15, -0.1) is 0 Å². The van der Waals surface area contributed by atoms with Gasteiger partial charge in [0.1, 0.15) is 0 Å². The Balaban J connectivity index is 1.36. The largest absolute Gasteiger partial charge is 0.454 e. The molecule has 9 heteroatoms. The van der Waals surface area contributed by atoms with Gasteiger partial charge in [-0.2, -0.15) is 0 Å². The fraction of sp³-hybridized carbons (Fsp3) is 0.375. The molecular weight excluding hydrogens is 424 g/mol. The SMILES string of the molecule is CN1C(=O)NC(=O)[C@@]2(Cc3ccccc3N3CCN(Cc4ccc5c(c4)OCO5)C[C@H]32)C1=O. The van der Waals surface area contributed by atoms with Crippen LogP contribution in [-0.2, 0) is 22.6 Å². The summed E-state index contributed by atoms with van der Waals surface area (Å²) in [5, 5.41) is 2.43. The summed E-state index contributed by atoms with van der Waals surface area (Å²) in [6.07, 6.45) is 0.268. The molecule has 33 heavy (non-hydrogen) atoms. The molecule has 170 valence electrons. The number of anilines is 1. The Morgan fingerprint density at radius 2 is 1.88 bits per heavy atom. The molecule has 0 unspecified atom stereocenters. The van der Waals surface area contributed by atoms with Crippen molar-refractivity contribution in [3.8, 4) is 11.5 Å². The summed E-state index contributed by atoms with van der Waals surface area (Å²) in [4.78, 5) is 44.5. The van der Waals surface area contributed by atoms with Crippen LogP contribution in [0.5, 0.6) is 11.5 Å².